The molecule has 0 saturated heterocycles. The van der Waals surface area contributed by atoms with Crippen LogP contribution in [0.1, 0.15) is 40.2 Å². The molecule has 2 atom stereocenters. The quantitative estimate of drug-likeness (QED) is 0.274. The van der Waals surface area contributed by atoms with Crippen LogP contribution in [0.2, 0.25) is 0 Å². The number of amides is 1. The summed E-state index contributed by atoms with van der Waals surface area (Å²) in [5.74, 6) is 0.0457. The Bertz CT molecular complexity index is 1520. The number of carbonyl (C=O) groups is 1. The maximum atomic E-state index is 13.9. The van der Waals surface area contributed by atoms with Gasteiger partial charge in [0.25, 0.3) is 0 Å². The first-order valence-electron chi connectivity index (χ1n) is 13.8. The number of methoxy groups -OCH3 is 1. The normalized spacial score (nSPS) is 18.2. The van der Waals surface area contributed by atoms with E-state index in [1.807, 2.05) is 36.4 Å². The van der Waals surface area contributed by atoms with Crippen molar-refractivity contribution in [2.45, 2.75) is 38.4 Å². The van der Waals surface area contributed by atoms with Crippen LogP contribution in [0.15, 0.2) is 84.9 Å². The molecule has 1 heterocycles. The van der Waals surface area contributed by atoms with Crippen LogP contribution in [-0.4, -0.2) is 24.5 Å². The minimum absolute atomic E-state index is 0.00801. The lowest BCUT2D eigenvalue weighted by atomic mass is 9.87. The minimum atomic E-state index is -0.565. The van der Waals surface area contributed by atoms with Crippen molar-refractivity contribution in [1.82, 2.24) is 10.2 Å². The minimum Gasteiger partial charge on any atom is -0.497 e. The van der Waals surface area contributed by atoms with E-state index in [9.17, 15) is 13.6 Å². The highest BCUT2D eigenvalue weighted by molar-refractivity contribution is 5.83. The molecule has 0 radical (unpaired) electrons. The first kappa shape index (κ1) is 26.2. The second-order valence-corrected chi connectivity index (χ2v) is 10.8. The summed E-state index contributed by atoms with van der Waals surface area (Å²) in [5, 5.41) is 3.19. The largest absolute Gasteiger partial charge is 0.497 e. The van der Waals surface area contributed by atoms with Crippen molar-refractivity contribution in [2.24, 2.45) is 5.92 Å². The Labute approximate surface area is 233 Å². The molecule has 6 heteroatoms. The summed E-state index contributed by atoms with van der Waals surface area (Å²) < 4.78 is 33.2. The predicted molar refractivity (Wildman–Crippen MR) is 152 cm³/mol. The second kappa shape index (κ2) is 11.2. The van der Waals surface area contributed by atoms with Gasteiger partial charge in [0.1, 0.15) is 17.4 Å². The maximum Gasteiger partial charge on any atom is 0.224 e. The molecule has 6 rings (SSSR count). The Morgan fingerprint density at radius 2 is 1.75 bits per heavy atom. The van der Waals surface area contributed by atoms with Gasteiger partial charge in [-0.05, 0) is 82.0 Å². The Balaban J connectivity index is 1.25. The second-order valence-electron chi connectivity index (χ2n) is 10.8. The predicted octanol–water partition coefficient (Wildman–Crippen LogP) is 6.62. The van der Waals surface area contributed by atoms with E-state index in [0.29, 0.717) is 25.2 Å². The number of hydrogen-bond donors (Lipinski definition) is 1. The molecule has 0 aromatic heterocycles. The molecule has 1 amide bonds. The van der Waals surface area contributed by atoms with Crippen LogP contribution in [0.5, 0.6) is 5.75 Å². The zero-order chi connectivity index (χ0) is 27.6. The summed E-state index contributed by atoms with van der Waals surface area (Å²) in [5.41, 5.74) is 7.53. The van der Waals surface area contributed by atoms with Gasteiger partial charge in [-0.15, -0.1) is 0 Å². The lowest BCUT2D eigenvalue weighted by Gasteiger charge is -2.32. The molecule has 0 unspecified atom stereocenters. The summed E-state index contributed by atoms with van der Waals surface area (Å²) in [6.07, 6.45) is 1.67. The lowest BCUT2D eigenvalue weighted by Crippen LogP contribution is -2.32. The van der Waals surface area contributed by atoms with Crippen molar-refractivity contribution in [3.63, 3.8) is 0 Å². The average Bonchev–Trinajstić information content (AvgIpc) is 3.77. The number of benzene rings is 4. The molecule has 2 aliphatic rings. The molecule has 4 aromatic rings. The third-order valence-corrected chi connectivity index (χ3v) is 8.11. The number of carbonyl (C=O) groups excluding carboxylic acids is 1. The highest BCUT2D eigenvalue weighted by Gasteiger charge is 2.43. The van der Waals surface area contributed by atoms with Gasteiger partial charge < -0.3 is 10.1 Å². The molecule has 4 nitrogen and oxygen atoms in total. The van der Waals surface area contributed by atoms with E-state index in [2.05, 4.69) is 40.5 Å². The van der Waals surface area contributed by atoms with E-state index in [1.54, 1.807) is 7.11 Å². The summed E-state index contributed by atoms with van der Waals surface area (Å²) in [6.45, 7) is 2.29. The Hall–Kier alpha value is -4.03. The van der Waals surface area contributed by atoms with E-state index in [4.69, 9.17) is 4.74 Å². The first-order chi connectivity index (χ1) is 19.5. The number of fused-ring (bicyclic) bond motifs is 1. The number of nitrogens with zero attached hydrogens (tertiary/aromatic N) is 1. The van der Waals surface area contributed by atoms with E-state index < -0.39 is 11.6 Å². The SMILES string of the molecule is COc1cccc(-c2ccc(CNC(=O)[C@@H]3C[C@H]3c3ccccc3)c3c2CCN(Cc2cc(F)cc(F)c2)C3)c1. The smallest absolute Gasteiger partial charge is 0.224 e. The van der Waals surface area contributed by atoms with Crippen LogP contribution in [0.4, 0.5) is 8.78 Å². The third kappa shape index (κ3) is 5.63. The van der Waals surface area contributed by atoms with Crippen molar-refractivity contribution >= 4 is 5.91 Å². The summed E-state index contributed by atoms with van der Waals surface area (Å²) in [6, 6.07) is 26.2. The van der Waals surface area contributed by atoms with Crippen LogP contribution in [0.3, 0.4) is 0 Å². The zero-order valence-electron chi connectivity index (χ0n) is 22.5. The summed E-state index contributed by atoms with van der Waals surface area (Å²) in [4.78, 5) is 15.3. The third-order valence-electron chi connectivity index (χ3n) is 8.11. The topological polar surface area (TPSA) is 41.6 Å². The van der Waals surface area contributed by atoms with Gasteiger partial charge in [0, 0.05) is 38.2 Å². The van der Waals surface area contributed by atoms with E-state index in [0.717, 1.165) is 47.9 Å². The standard InChI is InChI=1S/C34H32F2N2O2/c1-40-28-9-5-8-24(16-28)29-11-10-25(19-37-34(39)32-18-31(32)23-6-3-2-4-7-23)33-21-38(13-12-30(29)33)20-22-14-26(35)17-27(36)15-22/h2-11,14-17,31-32H,12-13,18-21H2,1H3,(H,37,39)/t31-,32+/m0/s1. The zero-order valence-corrected chi connectivity index (χ0v) is 22.5. The molecule has 4 aromatic carbocycles. The van der Waals surface area contributed by atoms with E-state index >= 15 is 0 Å². The molecule has 0 bridgehead atoms. The van der Waals surface area contributed by atoms with Gasteiger partial charge in [0.15, 0.2) is 0 Å². The van der Waals surface area contributed by atoms with Crippen molar-refractivity contribution in [3.8, 4) is 16.9 Å². The van der Waals surface area contributed by atoms with Gasteiger partial charge in [0.2, 0.25) is 5.91 Å². The number of nitrogens with one attached hydrogen (secondary N) is 1. The molecular weight excluding hydrogens is 506 g/mol. The van der Waals surface area contributed by atoms with Crippen LogP contribution in [0, 0.1) is 17.6 Å². The Morgan fingerprint density at radius 1 is 0.950 bits per heavy atom. The first-order valence-corrected chi connectivity index (χ1v) is 13.8. The van der Waals surface area contributed by atoms with Gasteiger partial charge in [0.05, 0.1) is 7.11 Å². The Kier molecular flexibility index (Phi) is 7.35. The van der Waals surface area contributed by atoms with Crippen LogP contribution in [-0.2, 0) is 30.8 Å². The average molecular weight is 539 g/mol. The monoisotopic (exact) mass is 538 g/mol. The highest BCUT2D eigenvalue weighted by Crippen LogP contribution is 2.47. The van der Waals surface area contributed by atoms with E-state index in [1.165, 1.54) is 28.8 Å². The molecule has 1 aliphatic carbocycles. The van der Waals surface area contributed by atoms with Gasteiger partial charge >= 0.3 is 0 Å². The van der Waals surface area contributed by atoms with E-state index in [-0.39, 0.29) is 17.7 Å². The lowest BCUT2D eigenvalue weighted by molar-refractivity contribution is -0.122. The van der Waals surface area contributed by atoms with Crippen molar-refractivity contribution in [3.05, 3.63) is 124 Å². The number of ether oxygens (including phenoxy) is 1. The molecular formula is C34H32F2N2O2. The fourth-order valence-electron chi connectivity index (χ4n) is 5.99. The summed E-state index contributed by atoms with van der Waals surface area (Å²) >= 11 is 0. The van der Waals surface area contributed by atoms with Gasteiger partial charge in [-0.2, -0.15) is 0 Å². The fraction of sp³-hybridized carbons (Fsp3) is 0.265. The molecule has 0 spiro atoms. The molecule has 1 fully saturated rings. The van der Waals surface area contributed by atoms with Crippen LogP contribution in [0.25, 0.3) is 11.1 Å². The molecule has 1 N–H and O–H groups in total. The molecule has 1 saturated carbocycles. The van der Waals surface area contributed by atoms with Crippen molar-refractivity contribution < 1.29 is 18.3 Å². The maximum absolute atomic E-state index is 13.9. The van der Waals surface area contributed by atoms with Crippen LogP contribution < -0.4 is 10.1 Å². The molecule has 204 valence electrons. The van der Waals surface area contributed by atoms with Crippen molar-refractivity contribution in [1.29, 1.82) is 0 Å². The number of halogens is 2. The molecule has 1 aliphatic heterocycles. The highest BCUT2D eigenvalue weighted by atomic mass is 19.1. The van der Waals surface area contributed by atoms with Crippen molar-refractivity contribution in [2.75, 3.05) is 13.7 Å². The number of hydrogen-bond acceptors (Lipinski definition) is 3. The number of rotatable bonds is 8. The molecule has 40 heavy (non-hydrogen) atoms. The van der Waals surface area contributed by atoms with Gasteiger partial charge in [-0.1, -0.05) is 54.6 Å². The Morgan fingerprint density at radius 3 is 2.52 bits per heavy atom. The van der Waals surface area contributed by atoms with Gasteiger partial charge in [-0.3, -0.25) is 9.69 Å². The summed E-state index contributed by atoms with van der Waals surface area (Å²) in [7, 11) is 1.66. The van der Waals surface area contributed by atoms with Crippen LogP contribution >= 0.6 is 0 Å². The van der Waals surface area contributed by atoms with Gasteiger partial charge in [-0.25, -0.2) is 8.78 Å². The fourth-order valence-corrected chi connectivity index (χ4v) is 5.99.